The molecule has 1 fully saturated rings. The van der Waals surface area contributed by atoms with Crippen LogP contribution in [0, 0.1) is 0 Å². The van der Waals surface area contributed by atoms with E-state index in [-0.39, 0.29) is 23.5 Å². The number of para-hydroxylation sites is 1. The molecule has 6 rings (SSSR count). The van der Waals surface area contributed by atoms with Gasteiger partial charge >= 0.3 is 17.9 Å². The Hall–Kier alpha value is -4.84. The third-order valence-corrected chi connectivity index (χ3v) is 8.30. The summed E-state index contributed by atoms with van der Waals surface area (Å²) in [4.78, 5) is 44.6. The molecular weight excluding hydrogens is 614 g/mol. The Balaban J connectivity index is 1.27. The number of ether oxygens (including phenoxy) is 3. The zero-order valence-corrected chi connectivity index (χ0v) is 26.3. The Morgan fingerprint density at radius 2 is 1.89 bits per heavy atom. The Labute approximate surface area is 269 Å². The van der Waals surface area contributed by atoms with Crippen LogP contribution in [0.25, 0.3) is 28.0 Å². The molecule has 0 saturated heterocycles. The van der Waals surface area contributed by atoms with E-state index in [1.165, 1.54) is 6.92 Å². The number of nitrogens with one attached hydrogen (secondary N) is 1. The van der Waals surface area contributed by atoms with Gasteiger partial charge < -0.3 is 23.3 Å². The lowest BCUT2D eigenvalue weighted by Gasteiger charge is -2.22. The van der Waals surface area contributed by atoms with Crippen molar-refractivity contribution in [3.05, 3.63) is 87.5 Å². The number of imidazole rings is 1. The molecule has 1 unspecified atom stereocenters. The molecule has 1 aliphatic carbocycles. The molecule has 3 heterocycles. The summed E-state index contributed by atoms with van der Waals surface area (Å²) in [5, 5.41) is 4.81. The summed E-state index contributed by atoms with van der Waals surface area (Å²) >= 11 is 6.54. The Bertz CT molecular complexity index is 1920. The van der Waals surface area contributed by atoms with Gasteiger partial charge in [-0.1, -0.05) is 54.4 Å². The molecule has 0 radical (unpaired) electrons. The van der Waals surface area contributed by atoms with Crippen molar-refractivity contribution in [2.75, 3.05) is 0 Å². The molecule has 12 nitrogen and oxygen atoms in total. The van der Waals surface area contributed by atoms with E-state index in [9.17, 15) is 14.4 Å². The van der Waals surface area contributed by atoms with E-state index in [4.69, 9.17) is 30.3 Å². The van der Waals surface area contributed by atoms with Crippen molar-refractivity contribution in [1.82, 2.24) is 24.3 Å². The summed E-state index contributed by atoms with van der Waals surface area (Å²) in [6, 6.07) is 15.4. The number of rotatable bonds is 10. The van der Waals surface area contributed by atoms with Crippen molar-refractivity contribution in [1.29, 1.82) is 0 Å². The van der Waals surface area contributed by atoms with Crippen molar-refractivity contribution < 1.29 is 28.3 Å². The lowest BCUT2D eigenvalue weighted by Crippen LogP contribution is -2.27. The molecule has 0 amide bonds. The third-order valence-electron chi connectivity index (χ3n) is 8.03. The predicted octanol–water partition coefficient (Wildman–Crippen LogP) is 6.81. The van der Waals surface area contributed by atoms with E-state index in [0.717, 1.165) is 60.7 Å². The lowest BCUT2D eigenvalue weighted by molar-refractivity contribution is -0.0918. The number of halogens is 1. The summed E-state index contributed by atoms with van der Waals surface area (Å²) in [6.45, 7) is 3.74. The number of fused-ring (bicyclic) bond motifs is 1. The molecule has 0 aliphatic heterocycles. The van der Waals surface area contributed by atoms with E-state index in [1.54, 1.807) is 4.57 Å². The SMILES string of the molecule is CCCc1nc(Cl)c(C(=O)OC(C)OC(=O)OC2CCCCC2)n1Cc1cccc2c1ccn2-c1ccccc1-c1noc(=O)[nH]1. The monoisotopic (exact) mass is 647 g/mol. The second kappa shape index (κ2) is 13.7. The van der Waals surface area contributed by atoms with Gasteiger partial charge in [0.05, 0.1) is 17.7 Å². The fourth-order valence-corrected chi connectivity index (χ4v) is 6.22. The highest BCUT2D eigenvalue weighted by atomic mass is 35.5. The fourth-order valence-electron chi connectivity index (χ4n) is 5.94. The van der Waals surface area contributed by atoms with Gasteiger partial charge in [0, 0.05) is 30.5 Å². The first-order valence-electron chi connectivity index (χ1n) is 15.4. The average Bonchev–Trinajstić information content (AvgIpc) is 3.75. The smallest absolute Gasteiger partial charge is 0.431 e. The zero-order valence-electron chi connectivity index (χ0n) is 25.5. The van der Waals surface area contributed by atoms with Crippen LogP contribution in [0.3, 0.4) is 0 Å². The molecule has 13 heteroatoms. The van der Waals surface area contributed by atoms with Gasteiger partial charge in [-0.25, -0.2) is 19.4 Å². The van der Waals surface area contributed by atoms with Crippen LogP contribution in [0.5, 0.6) is 0 Å². The first kappa shape index (κ1) is 31.2. The summed E-state index contributed by atoms with van der Waals surface area (Å²) in [7, 11) is 0. The Kier molecular flexibility index (Phi) is 9.25. The van der Waals surface area contributed by atoms with Crippen molar-refractivity contribution in [3.63, 3.8) is 0 Å². The number of benzene rings is 2. The minimum Gasteiger partial charge on any atom is -0.431 e. The standard InChI is InChI=1S/C33H34ClN5O7/c1-3-10-27-35-29(34)28(31(40)43-20(2)44-33(42)45-22-12-5-4-6-13-22)39(27)19-21-11-9-16-25-23(21)17-18-38(25)26-15-8-7-14-24(26)30-36-32(41)46-37-30/h7-9,11,14-18,20,22H,3-6,10,12-13,19H2,1-2H3,(H,36,37,41). The van der Waals surface area contributed by atoms with Crippen LogP contribution in [-0.2, 0) is 27.2 Å². The molecule has 0 bridgehead atoms. The first-order valence-corrected chi connectivity index (χ1v) is 15.8. The number of nitrogens with zero attached hydrogens (tertiary/aromatic N) is 4. The highest BCUT2D eigenvalue weighted by Gasteiger charge is 2.27. The Morgan fingerprint density at radius 3 is 2.65 bits per heavy atom. The molecule has 1 N–H and O–H groups in total. The summed E-state index contributed by atoms with van der Waals surface area (Å²) < 4.78 is 24.6. The number of H-pyrrole nitrogens is 1. The predicted molar refractivity (Wildman–Crippen MR) is 169 cm³/mol. The summed E-state index contributed by atoms with van der Waals surface area (Å²) in [6.07, 6.45) is 5.74. The van der Waals surface area contributed by atoms with Crippen LogP contribution in [0.15, 0.2) is 64.0 Å². The van der Waals surface area contributed by atoms with Crippen LogP contribution in [0.4, 0.5) is 4.79 Å². The summed E-state index contributed by atoms with van der Waals surface area (Å²) in [5.74, 6) is -0.458. The highest BCUT2D eigenvalue weighted by molar-refractivity contribution is 6.32. The molecule has 1 saturated carbocycles. The minimum absolute atomic E-state index is 0.00529. The molecule has 46 heavy (non-hydrogen) atoms. The van der Waals surface area contributed by atoms with Gasteiger partial charge in [-0.05, 0) is 61.9 Å². The minimum atomic E-state index is -1.20. The number of hydrogen-bond donors (Lipinski definition) is 1. The van der Waals surface area contributed by atoms with E-state index < -0.39 is 24.2 Å². The number of carbonyl (C=O) groups excluding carboxylic acids is 2. The average molecular weight is 648 g/mol. The maximum atomic E-state index is 13.5. The quantitative estimate of drug-likeness (QED) is 0.128. The van der Waals surface area contributed by atoms with Gasteiger partial charge in [-0.15, -0.1) is 0 Å². The van der Waals surface area contributed by atoms with Crippen molar-refractivity contribution in [3.8, 4) is 17.1 Å². The van der Waals surface area contributed by atoms with Crippen molar-refractivity contribution in [2.45, 2.75) is 77.7 Å². The van der Waals surface area contributed by atoms with Crippen LogP contribution in [-0.4, -0.2) is 48.8 Å². The second-order valence-corrected chi connectivity index (χ2v) is 11.6. The zero-order chi connectivity index (χ0) is 32.2. The van der Waals surface area contributed by atoms with Gasteiger partial charge in [0.25, 0.3) is 0 Å². The maximum Gasteiger partial charge on any atom is 0.511 e. The summed E-state index contributed by atoms with van der Waals surface area (Å²) in [5.41, 5.74) is 3.34. The topological polar surface area (TPSA) is 143 Å². The molecule has 0 spiro atoms. The largest absolute Gasteiger partial charge is 0.511 e. The van der Waals surface area contributed by atoms with Crippen LogP contribution in [0.1, 0.15) is 74.2 Å². The molecule has 1 atom stereocenters. The lowest BCUT2D eigenvalue weighted by atomic mass is 9.98. The maximum absolute atomic E-state index is 13.5. The molecular formula is C33H34ClN5O7. The van der Waals surface area contributed by atoms with Gasteiger partial charge in [-0.3, -0.25) is 9.51 Å². The van der Waals surface area contributed by atoms with Crippen molar-refractivity contribution in [2.24, 2.45) is 0 Å². The van der Waals surface area contributed by atoms with Crippen LogP contribution in [0.2, 0.25) is 5.15 Å². The number of esters is 1. The van der Waals surface area contributed by atoms with Crippen LogP contribution >= 0.6 is 11.6 Å². The van der Waals surface area contributed by atoms with E-state index >= 15 is 0 Å². The van der Waals surface area contributed by atoms with E-state index in [1.807, 2.05) is 66.2 Å². The molecule has 1 aliphatic rings. The number of aryl methyl sites for hydroxylation is 1. The molecule has 2 aromatic carbocycles. The van der Waals surface area contributed by atoms with E-state index in [2.05, 4.69) is 15.1 Å². The highest BCUT2D eigenvalue weighted by Crippen LogP contribution is 2.31. The van der Waals surface area contributed by atoms with E-state index in [0.29, 0.717) is 23.6 Å². The fraction of sp³-hybridized carbons (Fsp3) is 0.364. The number of aromatic nitrogens is 5. The molecule has 3 aromatic heterocycles. The number of hydrogen-bond acceptors (Lipinski definition) is 9. The van der Waals surface area contributed by atoms with Crippen LogP contribution < -0.4 is 5.76 Å². The van der Waals surface area contributed by atoms with Gasteiger partial charge in [0.15, 0.2) is 16.7 Å². The third kappa shape index (κ3) is 6.57. The van der Waals surface area contributed by atoms with Gasteiger partial charge in [-0.2, -0.15) is 0 Å². The first-order chi connectivity index (χ1) is 22.3. The van der Waals surface area contributed by atoms with Gasteiger partial charge in [0.1, 0.15) is 11.9 Å². The normalized spacial score (nSPS) is 14.3. The van der Waals surface area contributed by atoms with Gasteiger partial charge in [0.2, 0.25) is 6.29 Å². The second-order valence-electron chi connectivity index (χ2n) is 11.2. The Morgan fingerprint density at radius 1 is 1.09 bits per heavy atom. The molecule has 240 valence electrons. The molecule has 5 aromatic rings. The number of aromatic amines is 1. The van der Waals surface area contributed by atoms with Crippen molar-refractivity contribution >= 4 is 34.6 Å². The number of carbonyl (C=O) groups is 2.